The van der Waals surface area contributed by atoms with Crippen molar-refractivity contribution in [1.29, 1.82) is 0 Å². The first-order chi connectivity index (χ1) is 12.9. The number of hydrogen-bond donors (Lipinski definition) is 1. The number of nitrogens with one attached hydrogen (secondary N) is 1. The van der Waals surface area contributed by atoms with E-state index >= 15 is 0 Å². The van der Waals surface area contributed by atoms with Crippen LogP contribution in [-0.4, -0.2) is 43.7 Å². The van der Waals surface area contributed by atoms with Crippen LogP contribution in [-0.2, 0) is 0 Å². The molecule has 0 heterocycles. The summed E-state index contributed by atoms with van der Waals surface area (Å²) in [6, 6.07) is 13.5. The molecule has 1 N–H and O–H groups in total. The maximum absolute atomic E-state index is 11.6. The van der Waals surface area contributed by atoms with E-state index < -0.39 is 11.0 Å². The summed E-state index contributed by atoms with van der Waals surface area (Å²) in [5.74, 6) is 0.715. The van der Waals surface area contributed by atoms with Crippen molar-refractivity contribution in [3.8, 4) is 11.5 Å². The minimum atomic E-state index is -0.460. The minimum Gasteiger partial charge on any atom is -0.487 e. The molecule has 0 saturated carbocycles. The van der Waals surface area contributed by atoms with Crippen LogP contribution >= 0.6 is 0 Å². The molecule has 144 valence electrons. The van der Waals surface area contributed by atoms with Gasteiger partial charge in [-0.25, -0.2) is 4.79 Å². The molecule has 0 fully saturated rings. The van der Waals surface area contributed by atoms with Crippen LogP contribution in [0.3, 0.4) is 0 Å². The Morgan fingerprint density at radius 2 is 1.85 bits per heavy atom. The molecule has 1 unspecified atom stereocenters. The SMILES string of the molecule is CNC(CCOc1ccccc1[N+](=O)[O-])c1ccc(OC(=O)N(C)C)cc1. The van der Waals surface area contributed by atoms with E-state index in [1.807, 2.05) is 19.2 Å². The number of benzene rings is 2. The Balaban J connectivity index is 1.95. The highest BCUT2D eigenvalue weighted by Crippen LogP contribution is 2.27. The van der Waals surface area contributed by atoms with Crippen LogP contribution in [0.5, 0.6) is 11.5 Å². The van der Waals surface area contributed by atoms with Crippen molar-refractivity contribution < 1.29 is 19.2 Å². The molecular formula is C19H23N3O5. The summed E-state index contributed by atoms with van der Waals surface area (Å²) in [6.07, 6.45) is 0.171. The zero-order valence-electron chi connectivity index (χ0n) is 15.5. The molecule has 0 aromatic heterocycles. The van der Waals surface area contributed by atoms with E-state index in [-0.39, 0.29) is 17.5 Å². The standard InChI is InChI=1S/C19H23N3O5/c1-20-16(12-13-26-18-7-5-4-6-17(18)22(24)25)14-8-10-15(11-9-14)27-19(23)21(2)3/h4-11,16,20H,12-13H2,1-3H3. The third-order valence-corrected chi connectivity index (χ3v) is 3.93. The van der Waals surface area contributed by atoms with Gasteiger partial charge in [0.2, 0.25) is 0 Å². The van der Waals surface area contributed by atoms with E-state index in [0.29, 0.717) is 18.8 Å². The molecule has 8 nitrogen and oxygen atoms in total. The van der Waals surface area contributed by atoms with Gasteiger partial charge in [0.25, 0.3) is 0 Å². The molecule has 0 spiro atoms. The molecule has 0 aliphatic heterocycles. The first kappa shape index (κ1) is 20.2. The molecule has 1 amide bonds. The average molecular weight is 373 g/mol. The van der Waals surface area contributed by atoms with Crippen LogP contribution in [0.25, 0.3) is 0 Å². The second-order valence-corrected chi connectivity index (χ2v) is 6.03. The molecule has 2 aromatic carbocycles. The van der Waals surface area contributed by atoms with Crippen LogP contribution in [0.2, 0.25) is 0 Å². The van der Waals surface area contributed by atoms with E-state index in [1.165, 1.54) is 11.0 Å². The van der Waals surface area contributed by atoms with Gasteiger partial charge in [-0.15, -0.1) is 0 Å². The van der Waals surface area contributed by atoms with Gasteiger partial charge in [0.05, 0.1) is 11.5 Å². The Morgan fingerprint density at radius 1 is 1.19 bits per heavy atom. The third kappa shape index (κ3) is 5.68. The van der Waals surface area contributed by atoms with Gasteiger partial charge in [0.1, 0.15) is 5.75 Å². The van der Waals surface area contributed by atoms with Gasteiger partial charge in [-0.05, 0) is 30.8 Å². The number of nitrogens with zero attached hydrogens (tertiary/aromatic N) is 2. The van der Waals surface area contributed by atoms with Gasteiger partial charge < -0.3 is 19.7 Å². The van der Waals surface area contributed by atoms with Crippen LogP contribution in [0, 0.1) is 10.1 Å². The summed E-state index contributed by atoms with van der Waals surface area (Å²) in [6.45, 7) is 0.313. The van der Waals surface area contributed by atoms with Crippen molar-refractivity contribution in [2.24, 2.45) is 0 Å². The zero-order valence-corrected chi connectivity index (χ0v) is 15.5. The summed E-state index contributed by atoms with van der Waals surface area (Å²) in [5.41, 5.74) is 0.943. The lowest BCUT2D eigenvalue weighted by molar-refractivity contribution is -0.385. The summed E-state index contributed by atoms with van der Waals surface area (Å²) < 4.78 is 10.8. The third-order valence-electron chi connectivity index (χ3n) is 3.93. The molecular weight excluding hydrogens is 350 g/mol. The van der Waals surface area contributed by atoms with Gasteiger partial charge in [-0.2, -0.15) is 0 Å². The summed E-state index contributed by atoms with van der Waals surface area (Å²) in [4.78, 5) is 23.5. The van der Waals surface area contributed by atoms with Crippen molar-refractivity contribution in [3.63, 3.8) is 0 Å². The Kier molecular flexibility index (Phi) is 7.13. The Bertz CT molecular complexity index is 777. The molecule has 2 rings (SSSR count). The van der Waals surface area contributed by atoms with Crippen LogP contribution in [0.1, 0.15) is 18.0 Å². The largest absolute Gasteiger partial charge is 0.487 e. The number of hydrogen-bond acceptors (Lipinski definition) is 6. The lowest BCUT2D eigenvalue weighted by Crippen LogP contribution is -2.25. The van der Waals surface area contributed by atoms with Gasteiger partial charge in [0, 0.05) is 32.6 Å². The molecule has 0 saturated heterocycles. The minimum absolute atomic E-state index is 0.00799. The van der Waals surface area contributed by atoms with Crippen molar-refractivity contribution in [2.45, 2.75) is 12.5 Å². The Labute approximate surface area is 157 Å². The molecule has 2 aromatic rings. The van der Waals surface area contributed by atoms with Crippen molar-refractivity contribution >= 4 is 11.8 Å². The lowest BCUT2D eigenvalue weighted by Gasteiger charge is -2.18. The maximum Gasteiger partial charge on any atom is 0.414 e. The number of carbonyl (C=O) groups excluding carboxylic acids is 1. The molecule has 0 aliphatic carbocycles. The van der Waals surface area contributed by atoms with Crippen molar-refractivity contribution in [1.82, 2.24) is 10.2 Å². The highest BCUT2D eigenvalue weighted by atomic mass is 16.6. The molecule has 27 heavy (non-hydrogen) atoms. The van der Waals surface area contributed by atoms with E-state index in [1.54, 1.807) is 44.4 Å². The lowest BCUT2D eigenvalue weighted by atomic mass is 10.0. The fraction of sp³-hybridized carbons (Fsp3) is 0.316. The Morgan fingerprint density at radius 3 is 2.44 bits per heavy atom. The van der Waals surface area contributed by atoms with E-state index in [4.69, 9.17) is 9.47 Å². The number of para-hydroxylation sites is 2. The van der Waals surface area contributed by atoms with Crippen LogP contribution < -0.4 is 14.8 Å². The number of nitro benzene ring substituents is 1. The second-order valence-electron chi connectivity index (χ2n) is 6.03. The zero-order chi connectivity index (χ0) is 19.8. The summed E-state index contributed by atoms with van der Waals surface area (Å²) in [5, 5.41) is 14.2. The average Bonchev–Trinajstić information content (AvgIpc) is 2.66. The van der Waals surface area contributed by atoms with Crippen molar-refractivity contribution in [2.75, 3.05) is 27.7 Å². The van der Waals surface area contributed by atoms with Gasteiger partial charge in [-0.3, -0.25) is 10.1 Å². The number of ether oxygens (including phenoxy) is 2. The summed E-state index contributed by atoms with van der Waals surface area (Å²) in [7, 11) is 5.06. The van der Waals surface area contributed by atoms with Crippen LogP contribution in [0.4, 0.5) is 10.5 Å². The van der Waals surface area contributed by atoms with Gasteiger partial charge in [0.15, 0.2) is 5.75 Å². The predicted molar refractivity (Wildman–Crippen MR) is 101 cm³/mol. The van der Waals surface area contributed by atoms with E-state index in [9.17, 15) is 14.9 Å². The maximum atomic E-state index is 11.6. The monoisotopic (exact) mass is 373 g/mol. The van der Waals surface area contributed by atoms with Crippen LogP contribution in [0.15, 0.2) is 48.5 Å². The summed E-state index contributed by atoms with van der Waals surface area (Å²) >= 11 is 0. The smallest absolute Gasteiger partial charge is 0.414 e. The number of nitro groups is 1. The topological polar surface area (TPSA) is 93.9 Å². The van der Waals surface area contributed by atoms with Gasteiger partial charge in [-0.1, -0.05) is 24.3 Å². The Hall–Kier alpha value is -3.13. The van der Waals surface area contributed by atoms with Gasteiger partial charge >= 0.3 is 11.8 Å². The predicted octanol–water partition coefficient (Wildman–Crippen LogP) is 3.38. The molecule has 0 radical (unpaired) electrons. The van der Waals surface area contributed by atoms with E-state index in [0.717, 1.165) is 5.56 Å². The number of amides is 1. The normalized spacial score (nSPS) is 11.5. The highest BCUT2D eigenvalue weighted by molar-refractivity contribution is 5.69. The quantitative estimate of drug-likeness (QED) is 0.563. The fourth-order valence-electron chi connectivity index (χ4n) is 2.45. The molecule has 0 bridgehead atoms. The highest BCUT2D eigenvalue weighted by Gasteiger charge is 2.15. The van der Waals surface area contributed by atoms with Crippen molar-refractivity contribution in [3.05, 3.63) is 64.2 Å². The first-order valence-corrected chi connectivity index (χ1v) is 8.45. The first-order valence-electron chi connectivity index (χ1n) is 8.45. The molecule has 8 heteroatoms. The van der Waals surface area contributed by atoms with E-state index in [2.05, 4.69) is 5.32 Å². The molecule has 0 aliphatic rings. The number of carbonyl (C=O) groups is 1. The second kappa shape index (κ2) is 9.54. The number of rotatable bonds is 8. The fourth-order valence-corrected chi connectivity index (χ4v) is 2.45. The molecule has 1 atom stereocenters.